The first-order valence-corrected chi connectivity index (χ1v) is 9.76. The molecule has 144 valence electrons. The van der Waals surface area contributed by atoms with E-state index in [1.165, 1.54) is 6.42 Å². The Balaban J connectivity index is 1.74. The molecule has 0 saturated heterocycles. The van der Waals surface area contributed by atoms with Crippen molar-refractivity contribution in [2.24, 2.45) is 0 Å². The van der Waals surface area contributed by atoms with E-state index in [2.05, 4.69) is 10.9 Å². The first-order valence-electron chi connectivity index (χ1n) is 9.76. The molecule has 1 aromatic heterocycles. The van der Waals surface area contributed by atoms with Crippen molar-refractivity contribution in [3.05, 3.63) is 48.2 Å². The van der Waals surface area contributed by atoms with Crippen LogP contribution in [0.25, 0.3) is 0 Å². The summed E-state index contributed by atoms with van der Waals surface area (Å²) in [7, 11) is 0. The van der Waals surface area contributed by atoms with E-state index in [1.54, 1.807) is 13.1 Å². The zero-order chi connectivity index (χ0) is 19.6. The number of amides is 1. The molecule has 0 radical (unpaired) electrons. The van der Waals surface area contributed by atoms with Gasteiger partial charge in [0.05, 0.1) is 0 Å². The Kier molecular flexibility index (Phi) is 4.95. The highest BCUT2D eigenvalue weighted by Gasteiger charge is 2.41. The minimum Gasteiger partial charge on any atom is -0.454 e. The third-order valence-corrected chi connectivity index (χ3v) is 5.72. The lowest BCUT2D eigenvalue weighted by Gasteiger charge is -2.38. The van der Waals surface area contributed by atoms with E-state index in [-0.39, 0.29) is 18.7 Å². The summed E-state index contributed by atoms with van der Waals surface area (Å²) >= 11 is 0. The first kappa shape index (κ1) is 18.4. The molecule has 1 atom stereocenters. The van der Waals surface area contributed by atoms with Crippen molar-refractivity contribution in [3.63, 3.8) is 0 Å². The highest BCUT2D eigenvalue weighted by molar-refractivity contribution is 6.03. The molecule has 1 aromatic carbocycles. The molecule has 5 nitrogen and oxygen atoms in total. The number of hydrogen-bond acceptors (Lipinski definition) is 4. The number of carbonyl (C=O) groups is 1. The number of ether oxygens (including phenoxy) is 2. The van der Waals surface area contributed by atoms with Gasteiger partial charge in [0.25, 0.3) is 5.91 Å². The number of pyridine rings is 1. The van der Waals surface area contributed by atoms with Crippen molar-refractivity contribution in [1.82, 2.24) is 4.98 Å². The fourth-order valence-electron chi connectivity index (χ4n) is 4.01. The second-order valence-corrected chi connectivity index (χ2v) is 7.49. The highest BCUT2D eigenvalue weighted by Crippen LogP contribution is 2.38. The molecule has 5 heteroatoms. The van der Waals surface area contributed by atoms with Crippen molar-refractivity contribution < 1.29 is 14.3 Å². The Morgan fingerprint density at radius 1 is 1.18 bits per heavy atom. The largest absolute Gasteiger partial charge is 0.454 e. The Bertz CT molecular complexity index is 900. The Hall–Kier alpha value is -3.00. The molecular weight excluding hydrogens is 352 g/mol. The van der Waals surface area contributed by atoms with Gasteiger partial charge in [0.15, 0.2) is 11.5 Å². The molecule has 1 aliphatic carbocycles. The maximum atomic E-state index is 13.9. The molecule has 1 amide bonds. The Morgan fingerprint density at radius 2 is 1.96 bits per heavy atom. The van der Waals surface area contributed by atoms with Crippen molar-refractivity contribution in [2.45, 2.75) is 50.5 Å². The van der Waals surface area contributed by atoms with Crippen molar-refractivity contribution >= 4 is 11.7 Å². The maximum Gasteiger partial charge on any atom is 0.250 e. The van der Waals surface area contributed by atoms with Crippen LogP contribution in [0.4, 0.5) is 5.82 Å². The molecule has 4 rings (SSSR count). The van der Waals surface area contributed by atoms with E-state index in [0.717, 1.165) is 31.2 Å². The molecule has 0 bridgehead atoms. The van der Waals surface area contributed by atoms with Gasteiger partial charge in [0.2, 0.25) is 6.79 Å². The average molecular weight is 376 g/mol. The number of nitrogens with zero attached hydrogens (tertiary/aromatic N) is 2. The topological polar surface area (TPSA) is 51.7 Å². The third kappa shape index (κ3) is 3.20. The summed E-state index contributed by atoms with van der Waals surface area (Å²) in [5, 5.41) is 0. The van der Waals surface area contributed by atoms with E-state index >= 15 is 0 Å². The zero-order valence-corrected chi connectivity index (χ0v) is 16.1. The first-order chi connectivity index (χ1) is 13.6. The van der Waals surface area contributed by atoms with Gasteiger partial charge in [0.1, 0.15) is 11.2 Å². The van der Waals surface area contributed by atoms with Crippen LogP contribution in [0.1, 0.15) is 44.6 Å². The second-order valence-electron chi connectivity index (χ2n) is 7.49. The number of carbonyl (C=O) groups excluding carboxylic acids is 1. The van der Waals surface area contributed by atoms with Crippen LogP contribution in [0.3, 0.4) is 0 Å². The quantitative estimate of drug-likeness (QED) is 0.755. The van der Waals surface area contributed by atoms with Crippen LogP contribution < -0.4 is 14.4 Å². The van der Waals surface area contributed by atoms with Gasteiger partial charge in [-0.2, -0.15) is 0 Å². The lowest BCUT2D eigenvalue weighted by Crippen LogP contribution is -2.50. The predicted octanol–water partition coefficient (Wildman–Crippen LogP) is 4.07. The van der Waals surface area contributed by atoms with E-state index in [4.69, 9.17) is 15.9 Å². The summed E-state index contributed by atoms with van der Waals surface area (Å²) in [4.78, 5) is 20.2. The van der Waals surface area contributed by atoms with Crippen molar-refractivity contribution in [3.8, 4) is 23.8 Å². The molecule has 1 saturated carbocycles. The number of hydrogen-bond donors (Lipinski definition) is 0. The third-order valence-electron chi connectivity index (χ3n) is 5.72. The molecule has 1 fully saturated rings. The Labute approximate surface area is 165 Å². The Morgan fingerprint density at radius 3 is 2.68 bits per heavy atom. The summed E-state index contributed by atoms with van der Waals surface area (Å²) in [6.07, 6.45) is 13.0. The van der Waals surface area contributed by atoms with Gasteiger partial charge in [-0.15, -0.1) is 6.42 Å². The standard InChI is InChI=1S/C23H24N2O3/c1-3-23(2,17-12-13-19-20(15-17)28-16-27-19)22(26)25(18-9-5-4-6-10-18)21-11-7-8-14-24-21/h1,7-8,11-15,18H,4-6,9-10,16H2,2H3. The second kappa shape index (κ2) is 7.55. The minimum absolute atomic E-state index is 0.109. The molecule has 1 aliphatic heterocycles. The minimum atomic E-state index is -1.13. The summed E-state index contributed by atoms with van der Waals surface area (Å²) in [5.74, 6) is 4.58. The number of fused-ring (bicyclic) bond motifs is 1. The van der Waals surface area contributed by atoms with Gasteiger partial charge in [-0.1, -0.05) is 37.3 Å². The molecule has 1 unspecified atom stereocenters. The summed E-state index contributed by atoms with van der Waals surface area (Å²) in [5.41, 5.74) is -0.406. The summed E-state index contributed by atoms with van der Waals surface area (Å²) in [6.45, 7) is 1.98. The molecule has 2 heterocycles. The van der Waals surface area contributed by atoms with Crippen LogP contribution in [0.15, 0.2) is 42.6 Å². The van der Waals surface area contributed by atoms with E-state index in [9.17, 15) is 4.79 Å². The van der Waals surface area contributed by atoms with Crippen LogP contribution in [0.2, 0.25) is 0 Å². The van der Waals surface area contributed by atoms with Gasteiger partial charge in [-0.3, -0.25) is 9.69 Å². The van der Waals surface area contributed by atoms with Crippen LogP contribution in [0, 0.1) is 12.3 Å². The molecular formula is C23H24N2O3. The number of terminal acetylenes is 1. The molecule has 2 aliphatic rings. The zero-order valence-electron chi connectivity index (χ0n) is 16.1. The monoisotopic (exact) mass is 376 g/mol. The molecule has 0 N–H and O–H groups in total. The fourth-order valence-corrected chi connectivity index (χ4v) is 4.01. The SMILES string of the molecule is C#CC(C)(C(=O)N(c1ccccn1)C1CCCCC1)c1ccc2c(c1)OCO2. The fraction of sp³-hybridized carbons (Fsp3) is 0.391. The van der Waals surface area contributed by atoms with Crippen LogP contribution in [0.5, 0.6) is 11.5 Å². The summed E-state index contributed by atoms with van der Waals surface area (Å²) < 4.78 is 10.9. The number of anilines is 1. The van der Waals surface area contributed by atoms with Crippen LogP contribution >= 0.6 is 0 Å². The molecule has 28 heavy (non-hydrogen) atoms. The van der Waals surface area contributed by atoms with E-state index < -0.39 is 5.41 Å². The number of aromatic nitrogens is 1. The van der Waals surface area contributed by atoms with E-state index in [1.807, 2.05) is 41.3 Å². The van der Waals surface area contributed by atoms with Gasteiger partial charge < -0.3 is 9.47 Å². The van der Waals surface area contributed by atoms with Gasteiger partial charge in [0, 0.05) is 12.2 Å². The van der Waals surface area contributed by atoms with Gasteiger partial charge in [-0.05, 0) is 49.6 Å². The lowest BCUT2D eigenvalue weighted by atomic mass is 9.80. The summed E-state index contributed by atoms with van der Waals surface area (Å²) in [6, 6.07) is 11.2. The predicted molar refractivity (Wildman–Crippen MR) is 107 cm³/mol. The smallest absolute Gasteiger partial charge is 0.250 e. The van der Waals surface area contributed by atoms with Crippen molar-refractivity contribution in [1.29, 1.82) is 0 Å². The highest BCUT2D eigenvalue weighted by atomic mass is 16.7. The normalized spacial score (nSPS) is 18.1. The van der Waals surface area contributed by atoms with E-state index in [0.29, 0.717) is 17.3 Å². The van der Waals surface area contributed by atoms with Crippen LogP contribution in [-0.2, 0) is 10.2 Å². The average Bonchev–Trinajstić information content (AvgIpc) is 3.23. The number of rotatable bonds is 4. The van der Waals surface area contributed by atoms with Crippen molar-refractivity contribution in [2.75, 3.05) is 11.7 Å². The van der Waals surface area contributed by atoms with Crippen LogP contribution in [-0.4, -0.2) is 23.7 Å². The van der Waals surface area contributed by atoms with Gasteiger partial charge >= 0.3 is 0 Å². The molecule has 2 aromatic rings. The maximum absolute atomic E-state index is 13.9. The van der Waals surface area contributed by atoms with Gasteiger partial charge in [-0.25, -0.2) is 4.98 Å². The molecule has 0 spiro atoms. The number of benzene rings is 1. The lowest BCUT2D eigenvalue weighted by molar-refractivity contribution is -0.122.